The molecule has 0 aliphatic heterocycles. The zero-order valence-corrected chi connectivity index (χ0v) is 22.0. The lowest BCUT2D eigenvalue weighted by Crippen LogP contribution is -2.18. The molecular formula is C29H21ClN4O3S. The van der Waals surface area contributed by atoms with Gasteiger partial charge in [0.25, 0.3) is 5.56 Å². The van der Waals surface area contributed by atoms with E-state index in [9.17, 15) is 14.7 Å². The third-order valence-corrected chi connectivity index (χ3v) is 8.01. The van der Waals surface area contributed by atoms with Gasteiger partial charge < -0.3 is 5.11 Å². The fourth-order valence-electron chi connectivity index (χ4n) is 4.82. The number of aromatic nitrogens is 4. The summed E-state index contributed by atoms with van der Waals surface area (Å²) < 4.78 is 4.16. The topological polar surface area (TPSA) is 90.0 Å². The molecule has 0 unspecified atom stereocenters. The smallest absolute Gasteiger partial charge is 0.307 e. The Labute approximate surface area is 226 Å². The summed E-state index contributed by atoms with van der Waals surface area (Å²) in [7, 11) is 1.88. The minimum absolute atomic E-state index is 0.126. The first kappa shape index (κ1) is 24.1. The van der Waals surface area contributed by atoms with Crippen molar-refractivity contribution in [3.63, 3.8) is 0 Å². The summed E-state index contributed by atoms with van der Waals surface area (Å²) in [5, 5.41) is 16.0. The highest BCUT2D eigenvalue weighted by molar-refractivity contribution is 7.21. The second kappa shape index (κ2) is 9.24. The van der Waals surface area contributed by atoms with Crippen LogP contribution in [0.1, 0.15) is 11.1 Å². The molecule has 0 saturated heterocycles. The first-order valence-corrected chi connectivity index (χ1v) is 13.0. The average Bonchev–Trinajstić information content (AvgIpc) is 3.48. The van der Waals surface area contributed by atoms with Crippen molar-refractivity contribution in [2.24, 2.45) is 7.05 Å². The zero-order valence-electron chi connectivity index (χ0n) is 20.5. The molecule has 0 fully saturated rings. The quantitative estimate of drug-likeness (QED) is 0.279. The van der Waals surface area contributed by atoms with Gasteiger partial charge in [0, 0.05) is 34.8 Å². The minimum atomic E-state index is -0.915. The molecule has 0 aliphatic rings. The number of hydrogen-bond donors (Lipinski definition) is 1. The number of benzene rings is 3. The number of fused-ring (bicyclic) bond motifs is 2. The van der Waals surface area contributed by atoms with Gasteiger partial charge in [-0.05, 0) is 71.6 Å². The molecule has 0 bridgehead atoms. The minimum Gasteiger partial charge on any atom is -0.481 e. The second-order valence-corrected chi connectivity index (χ2v) is 10.5. The van der Waals surface area contributed by atoms with E-state index in [0.717, 1.165) is 37.9 Å². The molecule has 3 aromatic carbocycles. The van der Waals surface area contributed by atoms with Gasteiger partial charge in [-0.1, -0.05) is 41.1 Å². The number of nitrogens with zero attached hydrogens (tertiary/aromatic N) is 4. The van der Waals surface area contributed by atoms with E-state index in [1.165, 1.54) is 11.3 Å². The van der Waals surface area contributed by atoms with Crippen molar-refractivity contribution < 1.29 is 9.90 Å². The van der Waals surface area contributed by atoms with Crippen molar-refractivity contribution in [2.75, 3.05) is 0 Å². The number of carbonyl (C=O) groups is 1. The Kier molecular flexibility index (Phi) is 5.86. The summed E-state index contributed by atoms with van der Waals surface area (Å²) >= 11 is 7.49. The van der Waals surface area contributed by atoms with Gasteiger partial charge in [0.05, 0.1) is 28.4 Å². The van der Waals surface area contributed by atoms with E-state index in [4.69, 9.17) is 16.6 Å². The maximum Gasteiger partial charge on any atom is 0.307 e. The molecule has 3 aromatic heterocycles. The summed E-state index contributed by atoms with van der Waals surface area (Å²) in [5.41, 5.74) is 6.04. The fraction of sp³-hybridized carbons (Fsp3) is 0.103. The van der Waals surface area contributed by atoms with E-state index in [1.807, 2.05) is 56.4 Å². The third-order valence-electron chi connectivity index (χ3n) is 6.67. The van der Waals surface area contributed by atoms with Crippen LogP contribution in [0.3, 0.4) is 0 Å². The largest absolute Gasteiger partial charge is 0.481 e. The Morgan fingerprint density at radius 2 is 1.84 bits per heavy atom. The van der Waals surface area contributed by atoms with Gasteiger partial charge in [0.1, 0.15) is 0 Å². The van der Waals surface area contributed by atoms with Crippen LogP contribution in [0.2, 0.25) is 5.02 Å². The van der Waals surface area contributed by atoms with Gasteiger partial charge in [0.15, 0.2) is 5.13 Å². The second-order valence-electron chi connectivity index (χ2n) is 9.11. The Bertz CT molecular complexity index is 1940. The first-order valence-electron chi connectivity index (χ1n) is 11.8. The molecule has 0 radical (unpaired) electrons. The van der Waals surface area contributed by atoms with Crippen LogP contribution in [-0.4, -0.2) is 30.4 Å². The molecule has 0 saturated carbocycles. The molecule has 0 aliphatic carbocycles. The number of rotatable bonds is 5. The van der Waals surface area contributed by atoms with Crippen LogP contribution in [0.4, 0.5) is 0 Å². The van der Waals surface area contributed by atoms with Crippen LogP contribution >= 0.6 is 22.9 Å². The number of hydrogen-bond acceptors (Lipinski definition) is 5. The maximum atomic E-state index is 13.7. The number of aryl methyl sites for hydroxylation is 2. The highest BCUT2D eigenvalue weighted by Crippen LogP contribution is 2.39. The molecule has 6 rings (SSSR count). The predicted octanol–water partition coefficient (Wildman–Crippen LogP) is 6.26. The Hall–Kier alpha value is -4.27. The summed E-state index contributed by atoms with van der Waals surface area (Å²) in [6.45, 7) is 1.89. The summed E-state index contributed by atoms with van der Waals surface area (Å²) in [4.78, 5) is 30.2. The third kappa shape index (κ3) is 4.08. The highest BCUT2D eigenvalue weighted by atomic mass is 35.5. The lowest BCUT2D eigenvalue weighted by Gasteiger charge is -2.13. The van der Waals surface area contributed by atoms with E-state index >= 15 is 0 Å². The molecular weight excluding hydrogens is 520 g/mol. The normalized spacial score (nSPS) is 11.4. The van der Waals surface area contributed by atoms with E-state index < -0.39 is 5.97 Å². The van der Waals surface area contributed by atoms with E-state index in [0.29, 0.717) is 26.8 Å². The van der Waals surface area contributed by atoms with Crippen LogP contribution in [0, 0.1) is 6.92 Å². The standard InChI is InChI=1S/C29H21ClN4O3S/c1-16-12-23-27(26(22(16)14-25(35)36)17-5-8-20(30)9-6-17)38-29(32-23)34-11-3-4-21(28(34)37)18-7-10-24-19(13-18)15-31-33(24)2/h3-13,15H,14H2,1-2H3,(H,35,36). The van der Waals surface area contributed by atoms with Gasteiger partial charge in [0.2, 0.25) is 0 Å². The monoisotopic (exact) mass is 540 g/mol. The van der Waals surface area contributed by atoms with Gasteiger partial charge in [-0.25, -0.2) is 4.98 Å². The SMILES string of the molecule is Cc1cc2nc(-n3cccc(-c4ccc5c(cnn5C)c4)c3=O)sc2c(-c2ccc(Cl)cc2)c1CC(=O)O. The molecule has 0 spiro atoms. The molecule has 38 heavy (non-hydrogen) atoms. The van der Waals surface area contributed by atoms with Gasteiger partial charge in [-0.2, -0.15) is 5.10 Å². The van der Waals surface area contributed by atoms with Crippen LogP contribution in [0.5, 0.6) is 0 Å². The zero-order chi connectivity index (χ0) is 26.6. The number of thiazole rings is 1. The van der Waals surface area contributed by atoms with E-state index in [-0.39, 0.29) is 12.0 Å². The van der Waals surface area contributed by atoms with Crippen molar-refractivity contribution >= 4 is 50.0 Å². The van der Waals surface area contributed by atoms with Crippen molar-refractivity contribution in [2.45, 2.75) is 13.3 Å². The number of carboxylic acid groups (broad SMARTS) is 1. The lowest BCUT2D eigenvalue weighted by molar-refractivity contribution is -0.136. The predicted molar refractivity (Wildman–Crippen MR) is 151 cm³/mol. The number of aliphatic carboxylic acids is 1. The summed E-state index contributed by atoms with van der Waals surface area (Å²) in [5.74, 6) is -0.915. The van der Waals surface area contributed by atoms with E-state index in [2.05, 4.69) is 5.10 Å². The highest BCUT2D eigenvalue weighted by Gasteiger charge is 2.20. The molecule has 0 amide bonds. The van der Waals surface area contributed by atoms with Gasteiger partial charge in [-0.3, -0.25) is 18.8 Å². The van der Waals surface area contributed by atoms with Crippen molar-refractivity contribution in [1.29, 1.82) is 0 Å². The first-order chi connectivity index (χ1) is 18.3. The number of pyridine rings is 1. The molecule has 188 valence electrons. The van der Waals surface area contributed by atoms with Crippen molar-refractivity contribution in [3.05, 3.63) is 99.6 Å². The molecule has 6 aromatic rings. The van der Waals surface area contributed by atoms with Crippen molar-refractivity contribution in [1.82, 2.24) is 19.3 Å². The summed E-state index contributed by atoms with van der Waals surface area (Å²) in [6, 6.07) is 18.7. The van der Waals surface area contributed by atoms with Crippen LogP contribution in [-0.2, 0) is 18.3 Å². The molecule has 0 atom stereocenters. The number of carboxylic acids is 1. The lowest BCUT2D eigenvalue weighted by atomic mass is 9.93. The molecule has 1 N–H and O–H groups in total. The van der Waals surface area contributed by atoms with Crippen LogP contribution in [0.25, 0.3) is 48.5 Å². The molecule has 7 nitrogen and oxygen atoms in total. The number of halogens is 1. The van der Waals surface area contributed by atoms with Crippen LogP contribution < -0.4 is 5.56 Å². The van der Waals surface area contributed by atoms with Gasteiger partial charge >= 0.3 is 5.97 Å². The summed E-state index contributed by atoms with van der Waals surface area (Å²) in [6.07, 6.45) is 3.36. The Morgan fingerprint density at radius 3 is 2.61 bits per heavy atom. The van der Waals surface area contributed by atoms with E-state index in [1.54, 1.807) is 39.8 Å². The molecule has 3 heterocycles. The maximum absolute atomic E-state index is 13.7. The average molecular weight is 541 g/mol. The van der Waals surface area contributed by atoms with Gasteiger partial charge in [-0.15, -0.1) is 0 Å². The van der Waals surface area contributed by atoms with Crippen LogP contribution in [0.15, 0.2) is 77.9 Å². The molecule has 9 heteroatoms. The Morgan fingerprint density at radius 1 is 1.08 bits per heavy atom. The fourth-order valence-corrected chi connectivity index (χ4v) is 6.07. The van der Waals surface area contributed by atoms with Crippen molar-refractivity contribution in [3.8, 4) is 27.4 Å². The Balaban J connectivity index is 1.54.